The average molecular weight is 229 g/mol. The number of ether oxygens (including phenoxy) is 1. The SMILES string of the molecule is CC1NCCC1C(=O)NCCOCC(N)=O. The van der Waals surface area contributed by atoms with Crippen LogP contribution in [0.2, 0.25) is 0 Å². The number of rotatable bonds is 6. The lowest BCUT2D eigenvalue weighted by Crippen LogP contribution is -2.38. The Morgan fingerprint density at radius 1 is 1.56 bits per heavy atom. The molecule has 2 unspecified atom stereocenters. The van der Waals surface area contributed by atoms with Crippen LogP contribution in [0.1, 0.15) is 13.3 Å². The molecule has 0 aromatic carbocycles. The zero-order valence-electron chi connectivity index (χ0n) is 9.49. The van der Waals surface area contributed by atoms with Gasteiger partial charge >= 0.3 is 0 Å². The maximum atomic E-state index is 11.7. The van der Waals surface area contributed by atoms with Crippen LogP contribution in [-0.4, -0.2) is 44.2 Å². The van der Waals surface area contributed by atoms with Gasteiger partial charge in [-0.25, -0.2) is 0 Å². The molecule has 0 bridgehead atoms. The molecule has 1 aliphatic heterocycles. The first-order chi connectivity index (χ1) is 7.61. The Morgan fingerprint density at radius 3 is 2.88 bits per heavy atom. The summed E-state index contributed by atoms with van der Waals surface area (Å²) >= 11 is 0. The number of carbonyl (C=O) groups is 2. The van der Waals surface area contributed by atoms with E-state index in [-0.39, 0.29) is 24.5 Å². The molecular weight excluding hydrogens is 210 g/mol. The van der Waals surface area contributed by atoms with E-state index >= 15 is 0 Å². The van der Waals surface area contributed by atoms with Gasteiger partial charge in [-0.05, 0) is 19.9 Å². The third-order valence-corrected chi connectivity index (χ3v) is 2.65. The maximum absolute atomic E-state index is 11.7. The fourth-order valence-electron chi connectivity index (χ4n) is 1.77. The topological polar surface area (TPSA) is 93.4 Å². The van der Waals surface area contributed by atoms with Crippen molar-refractivity contribution in [3.8, 4) is 0 Å². The Labute approximate surface area is 94.9 Å². The molecule has 1 fully saturated rings. The number of hydrogen-bond donors (Lipinski definition) is 3. The first-order valence-electron chi connectivity index (χ1n) is 5.48. The van der Waals surface area contributed by atoms with Crippen LogP contribution in [0, 0.1) is 5.92 Å². The molecule has 4 N–H and O–H groups in total. The quantitative estimate of drug-likeness (QED) is 0.488. The largest absolute Gasteiger partial charge is 0.370 e. The van der Waals surface area contributed by atoms with Gasteiger partial charge in [0.1, 0.15) is 6.61 Å². The lowest BCUT2D eigenvalue weighted by atomic mass is 10.0. The highest BCUT2D eigenvalue weighted by Crippen LogP contribution is 2.14. The summed E-state index contributed by atoms with van der Waals surface area (Å²) in [6.45, 7) is 3.51. The Kier molecular flexibility index (Phi) is 5.21. The highest BCUT2D eigenvalue weighted by molar-refractivity contribution is 5.79. The van der Waals surface area contributed by atoms with E-state index in [0.29, 0.717) is 13.2 Å². The minimum Gasteiger partial charge on any atom is -0.370 e. The molecule has 0 aliphatic carbocycles. The van der Waals surface area contributed by atoms with Crippen LogP contribution in [0.25, 0.3) is 0 Å². The van der Waals surface area contributed by atoms with E-state index in [9.17, 15) is 9.59 Å². The van der Waals surface area contributed by atoms with Gasteiger partial charge in [0.05, 0.1) is 12.5 Å². The summed E-state index contributed by atoms with van der Waals surface area (Å²) < 4.78 is 4.93. The van der Waals surface area contributed by atoms with E-state index in [1.807, 2.05) is 6.92 Å². The Balaban J connectivity index is 2.08. The molecule has 16 heavy (non-hydrogen) atoms. The summed E-state index contributed by atoms with van der Waals surface area (Å²) in [4.78, 5) is 22.0. The molecule has 92 valence electrons. The molecule has 0 radical (unpaired) electrons. The molecule has 1 heterocycles. The number of hydrogen-bond acceptors (Lipinski definition) is 4. The number of carbonyl (C=O) groups excluding carboxylic acids is 2. The zero-order chi connectivity index (χ0) is 12.0. The highest BCUT2D eigenvalue weighted by Gasteiger charge is 2.28. The van der Waals surface area contributed by atoms with Gasteiger partial charge in [-0.15, -0.1) is 0 Å². The summed E-state index contributed by atoms with van der Waals surface area (Å²) in [6.07, 6.45) is 0.870. The summed E-state index contributed by atoms with van der Waals surface area (Å²) in [5.41, 5.74) is 4.89. The molecule has 2 amide bonds. The van der Waals surface area contributed by atoms with E-state index in [2.05, 4.69) is 10.6 Å². The average Bonchev–Trinajstić information content (AvgIpc) is 2.63. The zero-order valence-corrected chi connectivity index (χ0v) is 9.49. The molecule has 0 aromatic rings. The van der Waals surface area contributed by atoms with Crippen molar-refractivity contribution in [1.82, 2.24) is 10.6 Å². The van der Waals surface area contributed by atoms with Gasteiger partial charge in [-0.2, -0.15) is 0 Å². The van der Waals surface area contributed by atoms with Gasteiger partial charge in [-0.3, -0.25) is 9.59 Å². The fraction of sp³-hybridized carbons (Fsp3) is 0.800. The van der Waals surface area contributed by atoms with Crippen LogP contribution in [0.3, 0.4) is 0 Å². The summed E-state index contributed by atoms with van der Waals surface area (Å²) in [6, 6.07) is 0.228. The van der Waals surface area contributed by atoms with Crippen molar-refractivity contribution < 1.29 is 14.3 Å². The van der Waals surface area contributed by atoms with Crippen molar-refractivity contribution in [3.63, 3.8) is 0 Å². The van der Waals surface area contributed by atoms with Crippen molar-refractivity contribution >= 4 is 11.8 Å². The van der Waals surface area contributed by atoms with Gasteiger partial charge in [0.25, 0.3) is 0 Å². The number of nitrogens with one attached hydrogen (secondary N) is 2. The van der Waals surface area contributed by atoms with Gasteiger partial charge in [0, 0.05) is 12.6 Å². The van der Waals surface area contributed by atoms with Crippen LogP contribution < -0.4 is 16.4 Å². The lowest BCUT2D eigenvalue weighted by Gasteiger charge is -2.14. The molecule has 1 saturated heterocycles. The standard InChI is InChI=1S/C10H19N3O3/c1-7-8(2-3-12-7)10(15)13-4-5-16-6-9(11)14/h7-8,12H,2-6H2,1H3,(H2,11,14)(H,13,15). The fourth-order valence-corrected chi connectivity index (χ4v) is 1.77. The minimum absolute atomic E-state index is 0.0381. The first kappa shape index (κ1) is 12.9. The van der Waals surface area contributed by atoms with Crippen LogP contribution in [0.5, 0.6) is 0 Å². The highest BCUT2D eigenvalue weighted by atomic mass is 16.5. The van der Waals surface area contributed by atoms with Crippen molar-refractivity contribution in [1.29, 1.82) is 0 Å². The van der Waals surface area contributed by atoms with E-state index < -0.39 is 5.91 Å². The van der Waals surface area contributed by atoms with Gasteiger partial charge in [0.2, 0.25) is 11.8 Å². The van der Waals surface area contributed by atoms with Gasteiger partial charge < -0.3 is 21.1 Å². The molecule has 1 rings (SSSR count). The van der Waals surface area contributed by atoms with Crippen LogP contribution >= 0.6 is 0 Å². The van der Waals surface area contributed by atoms with Crippen molar-refractivity contribution in [2.24, 2.45) is 11.7 Å². The number of amides is 2. The lowest BCUT2D eigenvalue weighted by molar-refractivity contribution is -0.125. The molecule has 1 aliphatic rings. The van der Waals surface area contributed by atoms with Gasteiger partial charge in [0.15, 0.2) is 0 Å². The van der Waals surface area contributed by atoms with E-state index in [1.165, 1.54) is 0 Å². The third kappa shape index (κ3) is 4.16. The second-order valence-electron chi connectivity index (χ2n) is 3.95. The van der Waals surface area contributed by atoms with Gasteiger partial charge in [-0.1, -0.05) is 0 Å². The minimum atomic E-state index is -0.500. The second kappa shape index (κ2) is 6.44. The van der Waals surface area contributed by atoms with Crippen LogP contribution in [0.15, 0.2) is 0 Å². The molecule has 2 atom stereocenters. The Hall–Kier alpha value is -1.14. The predicted molar refractivity (Wildman–Crippen MR) is 58.6 cm³/mol. The third-order valence-electron chi connectivity index (χ3n) is 2.65. The molecule has 6 nitrogen and oxygen atoms in total. The smallest absolute Gasteiger partial charge is 0.243 e. The van der Waals surface area contributed by atoms with Crippen molar-refractivity contribution in [2.75, 3.05) is 26.3 Å². The molecular formula is C10H19N3O3. The molecule has 0 aromatic heterocycles. The molecule has 6 heteroatoms. The van der Waals surface area contributed by atoms with E-state index in [1.54, 1.807) is 0 Å². The Bertz CT molecular complexity index is 258. The Morgan fingerprint density at radius 2 is 2.31 bits per heavy atom. The van der Waals surface area contributed by atoms with E-state index in [0.717, 1.165) is 13.0 Å². The first-order valence-corrected chi connectivity index (χ1v) is 5.48. The summed E-state index contributed by atoms with van der Waals surface area (Å²) in [5.74, 6) is -0.420. The molecule has 0 spiro atoms. The maximum Gasteiger partial charge on any atom is 0.243 e. The second-order valence-corrected chi connectivity index (χ2v) is 3.95. The summed E-state index contributed by atoms with van der Waals surface area (Å²) in [7, 11) is 0. The van der Waals surface area contributed by atoms with Crippen molar-refractivity contribution in [2.45, 2.75) is 19.4 Å². The predicted octanol–water partition coefficient (Wildman–Crippen LogP) is -1.40. The normalized spacial score (nSPS) is 24.3. The molecule has 0 saturated carbocycles. The van der Waals surface area contributed by atoms with Crippen LogP contribution in [-0.2, 0) is 14.3 Å². The number of nitrogens with two attached hydrogens (primary N) is 1. The van der Waals surface area contributed by atoms with E-state index in [4.69, 9.17) is 10.5 Å². The van der Waals surface area contributed by atoms with Crippen molar-refractivity contribution in [3.05, 3.63) is 0 Å². The number of primary amides is 1. The van der Waals surface area contributed by atoms with Crippen LogP contribution in [0.4, 0.5) is 0 Å². The summed E-state index contributed by atoms with van der Waals surface area (Å²) in [5, 5.41) is 5.99. The monoisotopic (exact) mass is 229 g/mol.